The van der Waals surface area contributed by atoms with Crippen molar-refractivity contribution in [2.75, 3.05) is 19.0 Å². The van der Waals surface area contributed by atoms with Crippen LogP contribution in [0.25, 0.3) is 0 Å². The topological polar surface area (TPSA) is 60.2 Å². The number of ether oxygens (including phenoxy) is 1. The lowest BCUT2D eigenvalue weighted by Crippen LogP contribution is -2.20. The zero-order valence-corrected chi connectivity index (χ0v) is 12.2. The van der Waals surface area contributed by atoms with Crippen molar-refractivity contribution >= 4 is 21.6 Å². The summed E-state index contributed by atoms with van der Waals surface area (Å²) in [4.78, 5) is 4.20. The summed E-state index contributed by atoms with van der Waals surface area (Å²) in [6.45, 7) is 0.481. The lowest BCUT2D eigenvalue weighted by Gasteiger charge is -2.19. The molecule has 0 bridgehead atoms. The average molecular weight is 322 g/mol. The monoisotopic (exact) mass is 321 g/mol. The Balaban J connectivity index is 2.17. The maximum absolute atomic E-state index is 5.84. The molecule has 0 saturated carbocycles. The van der Waals surface area contributed by atoms with Crippen LogP contribution in [0, 0.1) is 0 Å². The third kappa shape index (κ3) is 3.45. The second kappa shape index (κ2) is 6.54. The highest BCUT2D eigenvalue weighted by molar-refractivity contribution is 9.10. The number of hydrogen-bond acceptors (Lipinski definition) is 4. The number of rotatable bonds is 5. The molecule has 2 rings (SSSR count). The van der Waals surface area contributed by atoms with Gasteiger partial charge in [-0.1, -0.05) is 18.2 Å². The minimum absolute atomic E-state index is 0.0112. The normalized spacial score (nSPS) is 11.9. The molecule has 5 heteroatoms. The van der Waals surface area contributed by atoms with Gasteiger partial charge in [-0.25, -0.2) is 4.98 Å². The van der Waals surface area contributed by atoms with Gasteiger partial charge in [0.25, 0.3) is 0 Å². The van der Waals surface area contributed by atoms with E-state index in [0.717, 1.165) is 15.7 Å². The van der Waals surface area contributed by atoms with E-state index < -0.39 is 0 Å². The Hall–Kier alpha value is -1.59. The van der Waals surface area contributed by atoms with Crippen molar-refractivity contribution in [3.8, 4) is 5.88 Å². The molecule has 1 aromatic carbocycles. The first-order chi connectivity index (χ1) is 9.24. The summed E-state index contributed by atoms with van der Waals surface area (Å²) in [5.74, 6) is 0.598. The van der Waals surface area contributed by atoms with E-state index in [4.69, 9.17) is 10.5 Å². The lowest BCUT2D eigenvalue weighted by molar-refractivity contribution is 0.397. The predicted molar refractivity (Wildman–Crippen MR) is 80.3 cm³/mol. The number of nitrogens with two attached hydrogens (primary N) is 1. The van der Waals surface area contributed by atoms with E-state index in [2.05, 4.69) is 26.2 Å². The third-order valence-corrected chi connectivity index (χ3v) is 3.50. The van der Waals surface area contributed by atoms with Crippen LogP contribution in [-0.4, -0.2) is 18.6 Å². The van der Waals surface area contributed by atoms with Crippen LogP contribution >= 0.6 is 15.9 Å². The van der Waals surface area contributed by atoms with Crippen LogP contribution in [0.2, 0.25) is 0 Å². The maximum Gasteiger partial charge on any atom is 0.212 e. The fraction of sp³-hybridized carbons (Fsp3) is 0.214. The molecule has 4 nitrogen and oxygen atoms in total. The number of nitrogens with zero attached hydrogens (tertiary/aromatic N) is 1. The summed E-state index contributed by atoms with van der Waals surface area (Å²) in [7, 11) is 1.60. The van der Waals surface area contributed by atoms with Crippen LogP contribution in [0.4, 0.5) is 5.69 Å². The molecule has 1 atom stereocenters. The lowest BCUT2D eigenvalue weighted by atomic mass is 10.1. The van der Waals surface area contributed by atoms with E-state index in [1.165, 1.54) is 0 Å². The van der Waals surface area contributed by atoms with Crippen molar-refractivity contribution in [1.82, 2.24) is 4.98 Å². The molecule has 19 heavy (non-hydrogen) atoms. The first-order valence-corrected chi connectivity index (χ1v) is 6.75. The number of anilines is 1. The minimum atomic E-state index is 0.0112. The van der Waals surface area contributed by atoms with Crippen LogP contribution in [0.3, 0.4) is 0 Å². The van der Waals surface area contributed by atoms with Crippen LogP contribution in [0.1, 0.15) is 11.6 Å². The molecule has 0 saturated heterocycles. The van der Waals surface area contributed by atoms with Crippen molar-refractivity contribution in [1.29, 1.82) is 0 Å². The standard InChI is InChI=1S/C14H16BrN3O/c1-19-14-7-6-10(9-17-14)13(8-16)18-12-5-3-2-4-11(12)15/h2-7,9,13,18H,8,16H2,1H3. The average Bonchev–Trinajstić information content (AvgIpc) is 2.47. The van der Waals surface area contributed by atoms with Gasteiger partial charge in [0.1, 0.15) is 0 Å². The predicted octanol–water partition coefficient (Wildman–Crippen LogP) is 2.96. The summed E-state index contributed by atoms with van der Waals surface area (Å²) in [5.41, 5.74) is 7.87. The molecule has 0 spiro atoms. The molecule has 1 unspecified atom stereocenters. The number of benzene rings is 1. The molecule has 0 fully saturated rings. The fourth-order valence-electron chi connectivity index (χ4n) is 1.76. The van der Waals surface area contributed by atoms with Crippen molar-refractivity contribution in [3.63, 3.8) is 0 Å². The first-order valence-electron chi connectivity index (χ1n) is 5.95. The Morgan fingerprint density at radius 3 is 2.68 bits per heavy atom. The van der Waals surface area contributed by atoms with Crippen LogP contribution < -0.4 is 15.8 Å². The largest absolute Gasteiger partial charge is 0.481 e. The van der Waals surface area contributed by atoms with E-state index in [-0.39, 0.29) is 6.04 Å². The minimum Gasteiger partial charge on any atom is -0.481 e. The Labute approximate surface area is 121 Å². The summed E-state index contributed by atoms with van der Waals surface area (Å²) < 4.78 is 6.06. The summed E-state index contributed by atoms with van der Waals surface area (Å²) in [6, 6.07) is 11.8. The SMILES string of the molecule is COc1ccc(C(CN)Nc2ccccc2Br)cn1. The van der Waals surface area contributed by atoms with Crippen molar-refractivity contribution in [2.45, 2.75) is 6.04 Å². The summed E-state index contributed by atoms with van der Waals surface area (Å²) >= 11 is 3.51. The van der Waals surface area contributed by atoms with Gasteiger partial charge in [0.15, 0.2) is 0 Å². The van der Waals surface area contributed by atoms with Crippen molar-refractivity contribution in [3.05, 3.63) is 52.6 Å². The Morgan fingerprint density at radius 2 is 2.11 bits per heavy atom. The molecule has 3 N–H and O–H groups in total. The molecule has 100 valence electrons. The van der Waals surface area contributed by atoms with Gasteiger partial charge in [-0.05, 0) is 33.6 Å². The summed E-state index contributed by atoms with van der Waals surface area (Å²) in [6.07, 6.45) is 1.78. The van der Waals surface area contributed by atoms with Gasteiger partial charge in [0.05, 0.1) is 13.2 Å². The Bertz CT molecular complexity index is 530. The quantitative estimate of drug-likeness (QED) is 0.888. The maximum atomic E-state index is 5.84. The second-order valence-corrected chi connectivity index (χ2v) is 4.90. The smallest absolute Gasteiger partial charge is 0.212 e. The number of nitrogens with one attached hydrogen (secondary N) is 1. The highest BCUT2D eigenvalue weighted by Gasteiger charge is 2.11. The zero-order chi connectivity index (χ0) is 13.7. The number of para-hydroxylation sites is 1. The van der Waals surface area contributed by atoms with Crippen LogP contribution in [0.15, 0.2) is 47.1 Å². The number of halogens is 1. The number of pyridine rings is 1. The zero-order valence-electron chi connectivity index (χ0n) is 10.6. The van der Waals surface area contributed by atoms with Crippen molar-refractivity contribution in [2.24, 2.45) is 5.73 Å². The molecule has 1 heterocycles. The van der Waals surface area contributed by atoms with E-state index in [1.807, 2.05) is 36.4 Å². The van der Waals surface area contributed by atoms with Gasteiger partial charge in [0, 0.05) is 29.0 Å². The number of methoxy groups -OCH3 is 1. The van der Waals surface area contributed by atoms with Gasteiger partial charge in [-0.15, -0.1) is 0 Å². The van der Waals surface area contributed by atoms with Gasteiger partial charge in [-0.2, -0.15) is 0 Å². The van der Waals surface area contributed by atoms with Crippen molar-refractivity contribution < 1.29 is 4.74 Å². The van der Waals surface area contributed by atoms with Crippen LogP contribution in [0.5, 0.6) is 5.88 Å². The fourth-order valence-corrected chi connectivity index (χ4v) is 2.16. The second-order valence-electron chi connectivity index (χ2n) is 4.05. The molecule has 0 aliphatic rings. The first kappa shape index (κ1) is 13.8. The molecule has 0 radical (unpaired) electrons. The molecule has 0 amide bonds. The molecule has 1 aromatic heterocycles. The highest BCUT2D eigenvalue weighted by Crippen LogP contribution is 2.26. The van der Waals surface area contributed by atoms with Crippen LogP contribution in [-0.2, 0) is 0 Å². The molecule has 0 aliphatic carbocycles. The molecular formula is C14H16BrN3O. The van der Waals surface area contributed by atoms with Gasteiger partial charge in [-0.3, -0.25) is 0 Å². The van der Waals surface area contributed by atoms with E-state index in [0.29, 0.717) is 12.4 Å². The number of aromatic nitrogens is 1. The molecular weight excluding hydrogens is 306 g/mol. The third-order valence-electron chi connectivity index (χ3n) is 2.81. The van der Waals surface area contributed by atoms with E-state index >= 15 is 0 Å². The Kier molecular flexibility index (Phi) is 4.76. The summed E-state index contributed by atoms with van der Waals surface area (Å²) in [5, 5.41) is 3.40. The van der Waals surface area contributed by atoms with Gasteiger partial charge < -0.3 is 15.8 Å². The highest BCUT2D eigenvalue weighted by atomic mass is 79.9. The van der Waals surface area contributed by atoms with E-state index in [9.17, 15) is 0 Å². The van der Waals surface area contributed by atoms with E-state index in [1.54, 1.807) is 13.3 Å². The molecule has 0 aliphatic heterocycles. The van der Waals surface area contributed by atoms with Gasteiger partial charge in [0.2, 0.25) is 5.88 Å². The van der Waals surface area contributed by atoms with Gasteiger partial charge >= 0.3 is 0 Å². The molecule has 2 aromatic rings. The number of hydrogen-bond donors (Lipinski definition) is 2. The Morgan fingerprint density at radius 1 is 1.32 bits per heavy atom.